The molecule has 0 saturated heterocycles. The molecule has 0 atom stereocenters. The van der Waals surface area contributed by atoms with Crippen LogP contribution in [0.25, 0.3) is 0 Å². The summed E-state index contributed by atoms with van der Waals surface area (Å²) in [4.78, 5) is -0.0939. The predicted octanol–water partition coefficient (Wildman–Crippen LogP) is 2.32. The van der Waals surface area contributed by atoms with Gasteiger partial charge < -0.3 is 5.73 Å². The summed E-state index contributed by atoms with van der Waals surface area (Å²) in [7, 11) is -3.70. The van der Waals surface area contributed by atoms with Crippen molar-refractivity contribution in [2.45, 2.75) is 17.7 Å². The third-order valence-corrected chi connectivity index (χ3v) is 4.57. The predicted molar refractivity (Wildman–Crippen MR) is 80.8 cm³/mol. The van der Waals surface area contributed by atoms with Gasteiger partial charge in [0.05, 0.1) is 5.69 Å². The standard InChI is InChI=1S/C15H17FN2O2S/c16-13-8-9-15(14(17)11-13)21(19,20)18-10-4-7-12-5-2-1-3-6-12/h1-3,5-6,8-9,11,18H,4,7,10,17H2. The number of nitrogens with two attached hydrogens (primary N) is 1. The van der Waals surface area contributed by atoms with Gasteiger partial charge in [0, 0.05) is 6.54 Å². The summed E-state index contributed by atoms with van der Waals surface area (Å²) in [6.07, 6.45) is 1.45. The fraction of sp³-hybridized carbons (Fsp3) is 0.200. The van der Waals surface area contributed by atoms with E-state index < -0.39 is 15.8 Å². The maximum Gasteiger partial charge on any atom is 0.242 e. The van der Waals surface area contributed by atoms with E-state index in [0.717, 1.165) is 24.1 Å². The van der Waals surface area contributed by atoms with Crippen LogP contribution in [-0.4, -0.2) is 15.0 Å². The number of rotatable bonds is 6. The minimum Gasteiger partial charge on any atom is -0.398 e. The van der Waals surface area contributed by atoms with Gasteiger partial charge in [0.25, 0.3) is 0 Å². The quantitative estimate of drug-likeness (QED) is 0.635. The van der Waals surface area contributed by atoms with Gasteiger partial charge in [-0.15, -0.1) is 0 Å². The first kappa shape index (κ1) is 15.5. The highest BCUT2D eigenvalue weighted by Gasteiger charge is 2.16. The van der Waals surface area contributed by atoms with Crippen molar-refractivity contribution in [3.05, 3.63) is 59.9 Å². The SMILES string of the molecule is Nc1cc(F)ccc1S(=O)(=O)NCCCc1ccccc1. The van der Waals surface area contributed by atoms with Crippen molar-refractivity contribution < 1.29 is 12.8 Å². The number of benzene rings is 2. The molecule has 112 valence electrons. The van der Waals surface area contributed by atoms with Crippen LogP contribution in [0.4, 0.5) is 10.1 Å². The number of anilines is 1. The molecule has 2 aromatic rings. The van der Waals surface area contributed by atoms with Crippen molar-refractivity contribution in [3.8, 4) is 0 Å². The Balaban J connectivity index is 1.92. The average molecular weight is 308 g/mol. The van der Waals surface area contributed by atoms with Gasteiger partial charge in [-0.3, -0.25) is 0 Å². The molecular weight excluding hydrogens is 291 g/mol. The third-order valence-electron chi connectivity index (χ3n) is 3.04. The second-order valence-electron chi connectivity index (χ2n) is 4.67. The molecule has 0 aliphatic carbocycles. The minimum absolute atomic E-state index is 0.0921. The Morgan fingerprint density at radius 3 is 2.48 bits per heavy atom. The monoisotopic (exact) mass is 308 g/mol. The lowest BCUT2D eigenvalue weighted by Gasteiger charge is -2.09. The van der Waals surface area contributed by atoms with E-state index in [9.17, 15) is 12.8 Å². The second kappa shape index (κ2) is 6.69. The molecule has 0 heterocycles. The normalized spacial score (nSPS) is 11.5. The molecule has 2 rings (SSSR count). The Hall–Kier alpha value is -1.92. The van der Waals surface area contributed by atoms with Crippen LogP contribution in [0.5, 0.6) is 0 Å². The van der Waals surface area contributed by atoms with Crippen molar-refractivity contribution in [2.75, 3.05) is 12.3 Å². The smallest absolute Gasteiger partial charge is 0.242 e. The Morgan fingerprint density at radius 1 is 1.10 bits per heavy atom. The molecule has 21 heavy (non-hydrogen) atoms. The molecule has 0 fully saturated rings. The molecule has 0 spiro atoms. The van der Waals surface area contributed by atoms with E-state index in [-0.39, 0.29) is 10.6 Å². The highest BCUT2D eigenvalue weighted by Crippen LogP contribution is 2.18. The third kappa shape index (κ3) is 4.27. The van der Waals surface area contributed by atoms with E-state index in [1.54, 1.807) is 0 Å². The maximum atomic E-state index is 12.9. The number of sulfonamides is 1. The van der Waals surface area contributed by atoms with E-state index in [4.69, 9.17) is 5.73 Å². The van der Waals surface area contributed by atoms with Gasteiger partial charge in [0.2, 0.25) is 10.0 Å². The number of aryl methyl sites for hydroxylation is 1. The minimum atomic E-state index is -3.70. The van der Waals surface area contributed by atoms with Gasteiger partial charge in [-0.2, -0.15) is 0 Å². The molecular formula is C15H17FN2O2S. The van der Waals surface area contributed by atoms with E-state index in [1.807, 2.05) is 30.3 Å². The van der Waals surface area contributed by atoms with E-state index in [0.29, 0.717) is 13.0 Å². The number of halogens is 1. The van der Waals surface area contributed by atoms with Gasteiger partial charge in [0.1, 0.15) is 10.7 Å². The summed E-state index contributed by atoms with van der Waals surface area (Å²) in [6.45, 7) is 0.300. The molecule has 0 unspecified atom stereocenters. The summed E-state index contributed by atoms with van der Waals surface area (Å²) >= 11 is 0. The Bertz CT molecular complexity index is 703. The molecule has 6 heteroatoms. The van der Waals surface area contributed by atoms with Crippen molar-refractivity contribution in [1.82, 2.24) is 4.72 Å². The maximum absolute atomic E-state index is 12.9. The van der Waals surface area contributed by atoms with Crippen LogP contribution in [0.1, 0.15) is 12.0 Å². The zero-order valence-electron chi connectivity index (χ0n) is 11.4. The zero-order valence-corrected chi connectivity index (χ0v) is 12.2. The van der Waals surface area contributed by atoms with Crippen LogP contribution in [0.3, 0.4) is 0 Å². The topological polar surface area (TPSA) is 72.2 Å². The molecule has 0 aliphatic rings. The first-order chi connectivity index (χ1) is 9.99. The van der Waals surface area contributed by atoms with Gasteiger partial charge in [-0.05, 0) is 36.6 Å². The zero-order chi connectivity index (χ0) is 15.3. The molecule has 0 bridgehead atoms. The largest absolute Gasteiger partial charge is 0.398 e. The highest BCUT2D eigenvalue weighted by atomic mass is 32.2. The molecule has 0 aromatic heterocycles. The Morgan fingerprint density at radius 2 is 1.81 bits per heavy atom. The molecule has 4 nitrogen and oxygen atoms in total. The number of hydrogen-bond acceptors (Lipinski definition) is 3. The van der Waals surface area contributed by atoms with Crippen LogP contribution in [0.2, 0.25) is 0 Å². The Kier molecular flexibility index (Phi) is 4.93. The second-order valence-corrected chi connectivity index (χ2v) is 6.40. The van der Waals surface area contributed by atoms with Crippen LogP contribution >= 0.6 is 0 Å². The van der Waals surface area contributed by atoms with E-state index >= 15 is 0 Å². The van der Waals surface area contributed by atoms with Crippen molar-refractivity contribution in [3.63, 3.8) is 0 Å². The number of nitrogens with one attached hydrogen (secondary N) is 1. The lowest BCUT2D eigenvalue weighted by Crippen LogP contribution is -2.26. The Labute approximate surface area is 123 Å². The van der Waals surface area contributed by atoms with Gasteiger partial charge in [0.15, 0.2) is 0 Å². The van der Waals surface area contributed by atoms with E-state index in [2.05, 4.69) is 4.72 Å². The lowest BCUT2D eigenvalue weighted by atomic mass is 10.1. The van der Waals surface area contributed by atoms with Crippen LogP contribution in [0.15, 0.2) is 53.4 Å². The summed E-state index contributed by atoms with van der Waals surface area (Å²) < 4.78 is 39.5. The van der Waals surface area contributed by atoms with Crippen LogP contribution < -0.4 is 10.5 Å². The van der Waals surface area contributed by atoms with Crippen molar-refractivity contribution in [2.24, 2.45) is 0 Å². The fourth-order valence-corrected chi connectivity index (χ4v) is 3.17. The molecule has 0 aliphatic heterocycles. The average Bonchev–Trinajstić information content (AvgIpc) is 2.44. The van der Waals surface area contributed by atoms with Crippen LogP contribution in [0, 0.1) is 5.82 Å². The first-order valence-corrected chi connectivity index (χ1v) is 8.06. The van der Waals surface area contributed by atoms with E-state index in [1.165, 1.54) is 6.07 Å². The molecule has 0 radical (unpaired) electrons. The number of hydrogen-bond donors (Lipinski definition) is 2. The lowest BCUT2D eigenvalue weighted by molar-refractivity contribution is 0.578. The summed E-state index contributed by atoms with van der Waals surface area (Å²) in [5.41, 5.74) is 6.60. The summed E-state index contributed by atoms with van der Waals surface area (Å²) in [5.74, 6) is -0.560. The fourth-order valence-electron chi connectivity index (χ4n) is 1.99. The molecule has 0 saturated carbocycles. The van der Waals surface area contributed by atoms with Crippen molar-refractivity contribution >= 4 is 15.7 Å². The van der Waals surface area contributed by atoms with Gasteiger partial charge >= 0.3 is 0 Å². The van der Waals surface area contributed by atoms with Crippen molar-refractivity contribution in [1.29, 1.82) is 0 Å². The van der Waals surface area contributed by atoms with Gasteiger partial charge in [-0.25, -0.2) is 17.5 Å². The number of nitrogen functional groups attached to an aromatic ring is 1. The molecule has 2 aromatic carbocycles. The first-order valence-electron chi connectivity index (χ1n) is 6.58. The summed E-state index contributed by atoms with van der Waals surface area (Å²) in [5, 5.41) is 0. The van der Waals surface area contributed by atoms with Crippen LogP contribution in [-0.2, 0) is 16.4 Å². The molecule has 0 amide bonds. The highest BCUT2D eigenvalue weighted by molar-refractivity contribution is 7.89. The molecule has 3 N–H and O–H groups in total. The van der Waals surface area contributed by atoms with Gasteiger partial charge in [-0.1, -0.05) is 30.3 Å². The summed E-state index contributed by atoms with van der Waals surface area (Å²) in [6, 6.07) is 13.1.